The van der Waals surface area contributed by atoms with Crippen LogP contribution in [0.3, 0.4) is 0 Å². The van der Waals surface area contributed by atoms with Crippen molar-refractivity contribution in [1.82, 2.24) is 9.55 Å². The van der Waals surface area contributed by atoms with Crippen LogP contribution in [0.15, 0.2) is 224 Å². The highest BCUT2D eigenvalue weighted by atomic mass is 15.1. The molecule has 1 aromatic heterocycles. The number of rotatable bonds is 8. The zero-order valence-corrected chi connectivity index (χ0v) is 34.0. The number of fused-ring (bicyclic) bond motifs is 3. The molecule has 0 radical (unpaired) electrons. The normalized spacial score (nSPS) is 11.4. The van der Waals surface area contributed by atoms with Gasteiger partial charge in [-0.15, -0.1) is 0 Å². The number of imidazole rings is 1. The number of aromatic nitrogens is 2. The van der Waals surface area contributed by atoms with Gasteiger partial charge in [-0.25, -0.2) is 4.98 Å². The molecule has 61 heavy (non-hydrogen) atoms. The monoisotopic (exact) mass is 778 g/mol. The van der Waals surface area contributed by atoms with Crippen LogP contribution in [-0.2, 0) is 6.42 Å². The quantitative estimate of drug-likeness (QED) is 0.141. The molecule has 288 valence electrons. The minimum atomic E-state index is 0.848. The van der Waals surface area contributed by atoms with Gasteiger partial charge in [0.05, 0.1) is 11.0 Å². The molecule has 0 aliphatic rings. The molecule has 0 atom stereocenters. The van der Waals surface area contributed by atoms with Gasteiger partial charge >= 0.3 is 0 Å². The zero-order chi connectivity index (χ0) is 40.7. The summed E-state index contributed by atoms with van der Waals surface area (Å²) in [5.74, 6) is 1.06. The summed E-state index contributed by atoms with van der Waals surface area (Å²) < 4.78 is 2.31. The van der Waals surface area contributed by atoms with Crippen LogP contribution in [0, 0.1) is 0 Å². The molecular formula is C59H42N2. The second-order valence-electron chi connectivity index (χ2n) is 15.8. The Bertz CT molecular complexity index is 3320. The van der Waals surface area contributed by atoms with E-state index >= 15 is 0 Å². The number of aryl methyl sites for hydroxylation is 1. The molecule has 0 N–H and O–H groups in total. The maximum atomic E-state index is 4.98. The van der Waals surface area contributed by atoms with E-state index in [9.17, 15) is 0 Å². The molecule has 0 amide bonds. The van der Waals surface area contributed by atoms with Gasteiger partial charge < -0.3 is 0 Å². The van der Waals surface area contributed by atoms with Gasteiger partial charge in [0, 0.05) is 12.1 Å². The lowest BCUT2D eigenvalue weighted by Crippen LogP contribution is -2.00. The van der Waals surface area contributed by atoms with Crippen molar-refractivity contribution in [2.75, 3.05) is 0 Å². The minimum Gasteiger partial charge on any atom is -0.296 e. The molecular weight excluding hydrogens is 737 g/mol. The number of nitrogens with zero attached hydrogens (tertiary/aromatic N) is 2. The van der Waals surface area contributed by atoms with Crippen LogP contribution in [-0.4, -0.2) is 9.55 Å². The summed E-state index contributed by atoms with van der Waals surface area (Å²) in [6, 6.07) is 81.9. The zero-order valence-electron chi connectivity index (χ0n) is 34.0. The fourth-order valence-corrected chi connectivity index (χ4v) is 9.26. The average molecular weight is 779 g/mol. The van der Waals surface area contributed by atoms with Gasteiger partial charge in [0.2, 0.25) is 0 Å². The minimum absolute atomic E-state index is 0.848. The Kier molecular flexibility index (Phi) is 9.17. The Balaban J connectivity index is 1.15. The molecule has 0 aliphatic carbocycles. The van der Waals surface area contributed by atoms with Crippen LogP contribution >= 0.6 is 0 Å². The summed E-state index contributed by atoms with van der Waals surface area (Å²) in [4.78, 5) is 4.98. The second-order valence-corrected chi connectivity index (χ2v) is 15.8. The molecule has 0 saturated heterocycles. The fraction of sp³-hybridized carbons (Fsp3) is 0.0339. The van der Waals surface area contributed by atoms with Crippen molar-refractivity contribution in [1.29, 1.82) is 0 Å². The van der Waals surface area contributed by atoms with E-state index in [4.69, 9.17) is 4.98 Å². The molecule has 0 unspecified atom stereocenters. The van der Waals surface area contributed by atoms with Crippen LogP contribution < -0.4 is 0 Å². The predicted molar refractivity (Wildman–Crippen MR) is 258 cm³/mol. The third-order valence-corrected chi connectivity index (χ3v) is 12.1. The van der Waals surface area contributed by atoms with Crippen molar-refractivity contribution in [3.8, 4) is 72.4 Å². The van der Waals surface area contributed by atoms with Crippen molar-refractivity contribution in [3.05, 3.63) is 230 Å². The van der Waals surface area contributed by atoms with E-state index in [0.29, 0.717) is 0 Å². The van der Waals surface area contributed by atoms with Gasteiger partial charge in [-0.3, -0.25) is 4.57 Å². The van der Waals surface area contributed by atoms with Crippen molar-refractivity contribution in [3.63, 3.8) is 0 Å². The lowest BCUT2D eigenvalue weighted by atomic mass is 9.83. The van der Waals surface area contributed by atoms with Crippen molar-refractivity contribution in [2.24, 2.45) is 0 Å². The Morgan fingerprint density at radius 1 is 0.328 bits per heavy atom. The molecule has 0 fully saturated rings. The molecule has 0 bridgehead atoms. The predicted octanol–water partition coefficient (Wildman–Crippen LogP) is 15.9. The third-order valence-electron chi connectivity index (χ3n) is 12.1. The first kappa shape index (κ1) is 36.3. The maximum absolute atomic E-state index is 4.98. The lowest BCUT2D eigenvalue weighted by Gasteiger charge is -2.20. The van der Waals surface area contributed by atoms with Crippen LogP contribution in [0.25, 0.3) is 105 Å². The number of hydrogen-bond acceptors (Lipinski definition) is 1. The van der Waals surface area contributed by atoms with E-state index in [1.54, 1.807) is 0 Å². The summed E-state index contributed by atoms with van der Waals surface area (Å²) in [5.41, 5.74) is 17.7. The lowest BCUT2D eigenvalue weighted by molar-refractivity contribution is 0.908. The Morgan fingerprint density at radius 2 is 0.787 bits per heavy atom. The maximum Gasteiger partial charge on any atom is 0.114 e. The topological polar surface area (TPSA) is 17.8 Å². The fourth-order valence-electron chi connectivity index (χ4n) is 9.26. The largest absolute Gasteiger partial charge is 0.296 e. The molecule has 1 heterocycles. The number of para-hydroxylation sites is 2. The van der Waals surface area contributed by atoms with Gasteiger partial charge in [0.15, 0.2) is 0 Å². The Hall–Kier alpha value is -7.81. The van der Waals surface area contributed by atoms with Gasteiger partial charge in [-0.2, -0.15) is 0 Å². The van der Waals surface area contributed by atoms with Gasteiger partial charge in [-0.05, 0) is 143 Å². The van der Waals surface area contributed by atoms with Crippen molar-refractivity contribution >= 4 is 32.6 Å². The molecule has 11 rings (SSSR count). The first-order valence-corrected chi connectivity index (χ1v) is 21.2. The molecule has 0 spiro atoms. The molecule has 10 aromatic carbocycles. The molecule has 2 nitrogen and oxygen atoms in total. The summed E-state index contributed by atoms with van der Waals surface area (Å²) in [6.45, 7) is 2.18. The number of benzene rings is 10. The van der Waals surface area contributed by atoms with Crippen LogP contribution in [0.2, 0.25) is 0 Å². The second kappa shape index (κ2) is 15.4. The smallest absolute Gasteiger partial charge is 0.114 e. The van der Waals surface area contributed by atoms with E-state index in [1.807, 2.05) is 0 Å². The first-order valence-electron chi connectivity index (χ1n) is 21.2. The Labute approximate surface area is 356 Å². The van der Waals surface area contributed by atoms with E-state index in [1.165, 1.54) is 88.3 Å². The molecule has 11 aromatic rings. The standard InChI is InChI=1S/C59H42N2/c1-2-57-60-55-30-14-15-31-56(55)61(57)50-27-17-25-44(38-50)43-24-16-26-46(34-43)58-51-28-12-13-29-52(51)59(54-39-45(32-33-53(54)58)40-18-6-3-7-19-40)49-36-47(41-20-8-4-9-21-41)35-48(37-49)42-22-10-5-11-23-42/h3-39H,2H2,1H3. The summed E-state index contributed by atoms with van der Waals surface area (Å²) in [6.07, 6.45) is 0.848. The summed E-state index contributed by atoms with van der Waals surface area (Å²) >= 11 is 0. The van der Waals surface area contributed by atoms with Gasteiger partial charge in [0.1, 0.15) is 5.82 Å². The molecule has 0 aliphatic heterocycles. The van der Waals surface area contributed by atoms with Gasteiger partial charge in [-0.1, -0.05) is 177 Å². The van der Waals surface area contributed by atoms with Crippen molar-refractivity contribution in [2.45, 2.75) is 13.3 Å². The van der Waals surface area contributed by atoms with E-state index in [-0.39, 0.29) is 0 Å². The molecule has 2 heteroatoms. The highest BCUT2D eigenvalue weighted by molar-refractivity contribution is 6.22. The van der Waals surface area contributed by atoms with E-state index < -0.39 is 0 Å². The molecule has 0 saturated carbocycles. The highest BCUT2D eigenvalue weighted by Gasteiger charge is 2.20. The third kappa shape index (κ3) is 6.59. The van der Waals surface area contributed by atoms with Crippen molar-refractivity contribution < 1.29 is 0 Å². The van der Waals surface area contributed by atoms with Gasteiger partial charge in [0.25, 0.3) is 0 Å². The summed E-state index contributed by atoms with van der Waals surface area (Å²) in [5, 5.41) is 4.91. The summed E-state index contributed by atoms with van der Waals surface area (Å²) in [7, 11) is 0. The SMILES string of the molecule is CCc1nc2ccccc2n1-c1cccc(-c2cccc(-c3c4ccccc4c(-c4cc(-c5ccccc5)cc(-c5ccccc5)c4)c4cc(-c5ccccc5)ccc34)c2)c1. The van der Waals surface area contributed by atoms with Crippen LogP contribution in [0.4, 0.5) is 0 Å². The Morgan fingerprint density at radius 3 is 1.44 bits per heavy atom. The van der Waals surface area contributed by atoms with Crippen LogP contribution in [0.5, 0.6) is 0 Å². The average Bonchev–Trinajstić information content (AvgIpc) is 3.73. The van der Waals surface area contributed by atoms with E-state index in [2.05, 4.69) is 236 Å². The number of hydrogen-bond donors (Lipinski definition) is 0. The first-order chi connectivity index (χ1) is 30.2. The van der Waals surface area contributed by atoms with E-state index in [0.717, 1.165) is 29.0 Å². The van der Waals surface area contributed by atoms with Crippen LogP contribution in [0.1, 0.15) is 12.7 Å². The highest BCUT2D eigenvalue weighted by Crippen LogP contribution is 2.47.